The summed E-state index contributed by atoms with van der Waals surface area (Å²) in [4.78, 5) is 4.54. The van der Waals surface area contributed by atoms with Gasteiger partial charge in [-0.05, 0) is 11.5 Å². The average Bonchev–Trinajstić information content (AvgIpc) is 2.56. The molecule has 2 aromatic carbocycles. The van der Waals surface area contributed by atoms with Crippen LogP contribution in [0.3, 0.4) is 0 Å². The summed E-state index contributed by atoms with van der Waals surface area (Å²) in [6.07, 6.45) is 6.18. The zero-order chi connectivity index (χ0) is 14.1. The molecule has 2 aromatic heterocycles. The first-order valence-corrected chi connectivity index (χ1v) is 7.11. The average molecular weight is 271 g/mol. The molecule has 0 saturated heterocycles. The molecule has 0 radical (unpaired) electrons. The van der Waals surface area contributed by atoms with Crippen LogP contribution in [0.25, 0.3) is 21.7 Å². The van der Waals surface area contributed by atoms with Crippen LogP contribution in [0.5, 0.6) is 0 Å². The largest absolute Gasteiger partial charge is 0.255 e. The molecule has 0 spiro atoms. The Kier molecular flexibility index (Phi) is 2.86. The van der Waals surface area contributed by atoms with Gasteiger partial charge >= 0.3 is 0 Å². The van der Waals surface area contributed by atoms with Gasteiger partial charge in [0.1, 0.15) is 0 Å². The van der Waals surface area contributed by atoms with E-state index in [0.717, 1.165) is 12.1 Å². The third-order valence-corrected chi connectivity index (χ3v) is 3.80. The predicted octanol–water partition coefficient (Wildman–Crippen LogP) is 3.72. The number of nitrogens with zero attached hydrogens (tertiary/aromatic N) is 2. The van der Waals surface area contributed by atoms with E-state index in [9.17, 15) is 0 Å². The molecule has 21 heavy (non-hydrogen) atoms. The molecular weight excluding hydrogens is 256 g/mol. The van der Waals surface area contributed by atoms with Crippen molar-refractivity contribution in [3.63, 3.8) is 0 Å². The summed E-state index contributed by atoms with van der Waals surface area (Å²) in [7, 11) is 0. The number of fused-ring (bicyclic) bond motifs is 3. The summed E-state index contributed by atoms with van der Waals surface area (Å²) in [6, 6.07) is 21.0. The third kappa shape index (κ3) is 2.25. The van der Waals surface area contributed by atoms with Crippen LogP contribution in [0.2, 0.25) is 0 Å². The maximum Gasteiger partial charge on any atom is 0.179 e. The fourth-order valence-electron chi connectivity index (χ4n) is 2.74. The normalized spacial score (nSPS) is 11.0. The van der Waals surface area contributed by atoms with E-state index in [1.54, 1.807) is 0 Å². The number of hydrogen-bond donors (Lipinski definition) is 0. The zero-order valence-corrected chi connectivity index (χ0v) is 11.6. The second-order valence-corrected chi connectivity index (χ2v) is 5.25. The van der Waals surface area contributed by atoms with E-state index in [-0.39, 0.29) is 0 Å². The second-order valence-electron chi connectivity index (χ2n) is 5.25. The molecular formula is C19H15N2+. The highest BCUT2D eigenvalue weighted by Crippen LogP contribution is 2.21. The number of hydrogen-bond acceptors (Lipinski definition) is 1. The minimum atomic E-state index is 0.875. The lowest BCUT2D eigenvalue weighted by atomic mass is 10.1. The Morgan fingerprint density at radius 1 is 0.810 bits per heavy atom. The van der Waals surface area contributed by atoms with Crippen molar-refractivity contribution >= 4 is 21.7 Å². The van der Waals surface area contributed by atoms with Gasteiger partial charge in [0.05, 0.1) is 10.9 Å². The second kappa shape index (κ2) is 4.98. The standard InChI is InChI=1S/C19H15N2/c1-2-5-15(6-3-1)13-21-12-10-16-8-9-17-7-4-11-20-19(17)18(16)14-21/h1-12,14H,13H2/q+1. The number of rotatable bonds is 2. The van der Waals surface area contributed by atoms with Crippen LogP contribution in [0.1, 0.15) is 5.56 Å². The number of pyridine rings is 2. The number of aromatic nitrogens is 2. The molecule has 0 N–H and O–H groups in total. The summed E-state index contributed by atoms with van der Waals surface area (Å²) < 4.78 is 2.21. The van der Waals surface area contributed by atoms with Gasteiger partial charge in [0.15, 0.2) is 18.9 Å². The summed E-state index contributed by atoms with van der Waals surface area (Å²) in [5.74, 6) is 0. The maximum absolute atomic E-state index is 4.54. The van der Waals surface area contributed by atoms with Crippen LogP contribution in [-0.2, 0) is 6.54 Å². The van der Waals surface area contributed by atoms with E-state index in [0.29, 0.717) is 0 Å². The maximum atomic E-state index is 4.54. The lowest BCUT2D eigenvalue weighted by Crippen LogP contribution is -2.33. The quantitative estimate of drug-likeness (QED) is 0.401. The van der Waals surface area contributed by atoms with Gasteiger partial charge in [-0.15, -0.1) is 0 Å². The van der Waals surface area contributed by atoms with Crippen molar-refractivity contribution in [1.29, 1.82) is 0 Å². The minimum Gasteiger partial charge on any atom is -0.255 e. The van der Waals surface area contributed by atoms with Crippen molar-refractivity contribution in [2.45, 2.75) is 6.54 Å². The summed E-state index contributed by atoms with van der Waals surface area (Å²) in [5, 5.41) is 3.61. The van der Waals surface area contributed by atoms with E-state index < -0.39 is 0 Å². The molecule has 2 heterocycles. The van der Waals surface area contributed by atoms with Crippen LogP contribution in [0.4, 0.5) is 0 Å². The molecule has 4 aromatic rings. The van der Waals surface area contributed by atoms with E-state index >= 15 is 0 Å². The predicted molar refractivity (Wildman–Crippen MR) is 85.0 cm³/mol. The van der Waals surface area contributed by atoms with Crippen molar-refractivity contribution in [2.24, 2.45) is 0 Å². The molecule has 0 saturated carbocycles. The van der Waals surface area contributed by atoms with Gasteiger partial charge in [0.2, 0.25) is 0 Å². The Morgan fingerprint density at radius 2 is 1.67 bits per heavy atom. The van der Waals surface area contributed by atoms with Gasteiger partial charge in [0, 0.05) is 23.2 Å². The molecule has 0 bridgehead atoms. The van der Waals surface area contributed by atoms with Crippen molar-refractivity contribution in [3.8, 4) is 0 Å². The Bertz CT molecular complexity index is 914. The fourth-order valence-corrected chi connectivity index (χ4v) is 2.74. The highest BCUT2D eigenvalue weighted by molar-refractivity contribution is 6.04. The first-order chi connectivity index (χ1) is 10.4. The van der Waals surface area contributed by atoms with E-state index in [4.69, 9.17) is 0 Å². The minimum absolute atomic E-state index is 0.875. The molecule has 2 nitrogen and oxygen atoms in total. The molecule has 0 atom stereocenters. The van der Waals surface area contributed by atoms with Crippen LogP contribution in [-0.4, -0.2) is 4.98 Å². The Hall–Kier alpha value is -2.74. The van der Waals surface area contributed by atoms with Gasteiger partial charge in [-0.2, -0.15) is 0 Å². The first-order valence-electron chi connectivity index (χ1n) is 7.11. The smallest absolute Gasteiger partial charge is 0.179 e. The number of benzene rings is 2. The summed E-state index contributed by atoms with van der Waals surface area (Å²) in [6.45, 7) is 0.875. The molecule has 0 unspecified atom stereocenters. The summed E-state index contributed by atoms with van der Waals surface area (Å²) >= 11 is 0. The van der Waals surface area contributed by atoms with Crippen molar-refractivity contribution in [3.05, 3.63) is 84.8 Å². The van der Waals surface area contributed by atoms with Gasteiger partial charge in [-0.25, -0.2) is 4.57 Å². The highest BCUT2D eigenvalue weighted by Gasteiger charge is 2.08. The van der Waals surface area contributed by atoms with Gasteiger partial charge in [-0.1, -0.05) is 48.5 Å². The first kappa shape index (κ1) is 12.0. The monoisotopic (exact) mass is 271 g/mol. The lowest BCUT2D eigenvalue weighted by molar-refractivity contribution is -0.687. The van der Waals surface area contributed by atoms with E-state index in [2.05, 4.69) is 70.5 Å². The van der Waals surface area contributed by atoms with Crippen LogP contribution >= 0.6 is 0 Å². The molecule has 0 aliphatic rings. The van der Waals surface area contributed by atoms with E-state index in [1.165, 1.54) is 21.7 Å². The summed E-state index contributed by atoms with van der Waals surface area (Å²) in [5.41, 5.74) is 2.37. The molecule has 2 heteroatoms. The molecule has 0 amide bonds. The Labute approximate surface area is 123 Å². The van der Waals surface area contributed by atoms with E-state index in [1.807, 2.05) is 18.3 Å². The highest BCUT2D eigenvalue weighted by atomic mass is 14.9. The van der Waals surface area contributed by atoms with Crippen LogP contribution in [0, 0.1) is 0 Å². The van der Waals surface area contributed by atoms with Gasteiger partial charge in [0.25, 0.3) is 0 Å². The fraction of sp³-hybridized carbons (Fsp3) is 0.0526. The van der Waals surface area contributed by atoms with Crippen molar-refractivity contribution in [2.75, 3.05) is 0 Å². The van der Waals surface area contributed by atoms with Crippen molar-refractivity contribution < 1.29 is 4.57 Å². The van der Waals surface area contributed by atoms with Gasteiger partial charge in [-0.3, -0.25) is 4.98 Å². The molecule has 0 aliphatic heterocycles. The van der Waals surface area contributed by atoms with Crippen LogP contribution < -0.4 is 4.57 Å². The van der Waals surface area contributed by atoms with Crippen molar-refractivity contribution in [1.82, 2.24) is 4.98 Å². The molecule has 100 valence electrons. The molecule has 0 aliphatic carbocycles. The molecule has 4 rings (SSSR count). The third-order valence-electron chi connectivity index (χ3n) is 3.80. The topological polar surface area (TPSA) is 16.8 Å². The molecule has 0 fully saturated rings. The zero-order valence-electron chi connectivity index (χ0n) is 11.6. The Balaban J connectivity index is 1.86. The Morgan fingerprint density at radius 3 is 2.57 bits per heavy atom. The SMILES string of the molecule is c1ccc(C[n+]2ccc3ccc4cccnc4c3c2)cc1. The van der Waals surface area contributed by atoms with Crippen LogP contribution in [0.15, 0.2) is 79.3 Å². The lowest BCUT2D eigenvalue weighted by Gasteiger charge is -2.03. The van der Waals surface area contributed by atoms with Gasteiger partial charge < -0.3 is 0 Å².